The van der Waals surface area contributed by atoms with Crippen LogP contribution in [0.1, 0.15) is 65.7 Å². The van der Waals surface area contributed by atoms with Gasteiger partial charge >= 0.3 is 0 Å². The molecule has 120 valence electrons. The monoisotopic (exact) mass is 284 g/mol. The van der Waals surface area contributed by atoms with E-state index in [9.17, 15) is 0 Å². The standard InChI is InChI=1S/C17H36N2O/c1-5-17(2,3)14-8-10-15(11-9-14)19-16(13-20-4)7-6-12-18/h14-16,19H,5-13,18H2,1-4H3. The van der Waals surface area contributed by atoms with E-state index in [2.05, 4.69) is 26.1 Å². The lowest BCUT2D eigenvalue weighted by molar-refractivity contribution is 0.117. The Morgan fingerprint density at radius 1 is 1.25 bits per heavy atom. The van der Waals surface area contributed by atoms with Crippen molar-refractivity contribution >= 4 is 0 Å². The fourth-order valence-electron chi connectivity index (χ4n) is 3.44. The van der Waals surface area contributed by atoms with Crippen molar-refractivity contribution in [3.05, 3.63) is 0 Å². The van der Waals surface area contributed by atoms with Gasteiger partial charge in [-0.25, -0.2) is 0 Å². The number of nitrogens with two attached hydrogens (primary N) is 1. The number of methoxy groups -OCH3 is 1. The van der Waals surface area contributed by atoms with Gasteiger partial charge in [0.25, 0.3) is 0 Å². The maximum atomic E-state index is 5.62. The molecule has 1 saturated carbocycles. The Balaban J connectivity index is 2.36. The highest BCUT2D eigenvalue weighted by Crippen LogP contribution is 2.40. The fourth-order valence-corrected chi connectivity index (χ4v) is 3.44. The average molecular weight is 284 g/mol. The first-order valence-corrected chi connectivity index (χ1v) is 8.48. The molecule has 0 aromatic carbocycles. The molecule has 1 aliphatic rings. The molecule has 0 radical (unpaired) electrons. The molecule has 3 N–H and O–H groups in total. The Kier molecular flexibility index (Phi) is 8.08. The van der Waals surface area contributed by atoms with Crippen molar-refractivity contribution in [1.82, 2.24) is 5.32 Å². The van der Waals surface area contributed by atoms with Gasteiger partial charge in [-0.2, -0.15) is 0 Å². The van der Waals surface area contributed by atoms with Crippen molar-refractivity contribution in [1.29, 1.82) is 0 Å². The number of ether oxygens (including phenoxy) is 1. The number of rotatable bonds is 9. The minimum atomic E-state index is 0.476. The van der Waals surface area contributed by atoms with Crippen molar-refractivity contribution in [2.75, 3.05) is 20.3 Å². The Morgan fingerprint density at radius 3 is 2.40 bits per heavy atom. The van der Waals surface area contributed by atoms with Crippen LogP contribution in [0.25, 0.3) is 0 Å². The van der Waals surface area contributed by atoms with E-state index in [-0.39, 0.29) is 0 Å². The Morgan fingerprint density at radius 2 is 1.90 bits per heavy atom. The van der Waals surface area contributed by atoms with Crippen molar-refractivity contribution in [2.45, 2.75) is 77.8 Å². The van der Waals surface area contributed by atoms with Gasteiger partial charge in [0.15, 0.2) is 0 Å². The van der Waals surface area contributed by atoms with Gasteiger partial charge in [-0.05, 0) is 56.4 Å². The summed E-state index contributed by atoms with van der Waals surface area (Å²) in [6.45, 7) is 8.77. The van der Waals surface area contributed by atoms with Crippen molar-refractivity contribution in [2.24, 2.45) is 17.1 Å². The molecular weight excluding hydrogens is 248 g/mol. The van der Waals surface area contributed by atoms with Crippen molar-refractivity contribution in [3.8, 4) is 0 Å². The molecule has 20 heavy (non-hydrogen) atoms. The smallest absolute Gasteiger partial charge is 0.0615 e. The molecule has 0 aromatic heterocycles. The Labute approximate surface area is 126 Å². The Bertz CT molecular complexity index is 247. The van der Waals surface area contributed by atoms with E-state index in [1.54, 1.807) is 7.11 Å². The molecule has 0 spiro atoms. The van der Waals surface area contributed by atoms with Gasteiger partial charge in [-0.15, -0.1) is 0 Å². The first-order valence-electron chi connectivity index (χ1n) is 8.48. The lowest BCUT2D eigenvalue weighted by atomic mass is 9.69. The summed E-state index contributed by atoms with van der Waals surface area (Å²) in [6, 6.07) is 1.15. The molecule has 1 atom stereocenters. The molecule has 0 amide bonds. The van der Waals surface area contributed by atoms with Gasteiger partial charge in [0.1, 0.15) is 0 Å². The average Bonchev–Trinajstić information content (AvgIpc) is 2.45. The summed E-state index contributed by atoms with van der Waals surface area (Å²) < 4.78 is 5.33. The molecule has 0 saturated heterocycles. The predicted octanol–water partition coefficient (Wildman–Crippen LogP) is 3.32. The molecule has 3 nitrogen and oxygen atoms in total. The third-order valence-electron chi connectivity index (χ3n) is 5.34. The van der Waals surface area contributed by atoms with Gasteiger partial charge in [0.05, 0.1) is 6.61 Å². The number of nitrogens with one attached hydrogen (secondary N) is 1. The molecule has 1 fully saturated rings. The van der Waals surface area contributed by atoms with E-state index in [0.717, 1.165) is 31.9 Å². The summed E-state index contributed by atoms with van der Waals surface area (Å²) in [5, 5.41) is 3.80. The van der Waals surface area contributed by atoms with Gasteiger partial charge in [-0.1, -0.05) is 27.2 Å². The highest BCUT2D eigenvalue weighted by Gasteiger charge is 2.32. The molecule has 0 bridgehead atoms. The van der Waals surface area contributed by atoms with Gasteiger partial charge < -0.3 is 15.8 Å². The van der Waals surface area contributed by atoms with Gasteiger partial charge in [0.2, 0.25) is 0 Å². The molecular formula is C17H36N2O. The van der Waals surface area contributed by atoms with E-state index in [0.29, 0.717) is 17.5 Å². The maximum Gasteiger partial charge on any atom is 0.0615 e. The van der Waals surface area contributed by atoms with Gasteiger partial charge in [-0.3, -0.25) is 0 Å². The lowest BCUT2D eigenvalue weighted by Gasteiger charge is -2.40. The molecule has 0 aliphatic heterocycles. The van der Waals surface area contributed by atoms with E-state index in [1.807, 2.05) is 0 Å². The normalized spacial score (nSPS) is 25.6. The fraction of sp³-hybridized carbons (Fsp3) is 1.00. The lowest BCUT2D eigenvalue weighted by Crippen LogP contribution is -2.44. The minimum absolute atomic E-state index is 0.476. The van der Waals surface area contributed by atoms with Crippen LogP contribution < -0.4 is 11.1 Å². The van der Waals surface area contributed by atoms with Crippen LogP contribution in [-0.2, 0) is 4.74 Å². The molecule has 0 aromatic rings. The third-order valence-corrected chi connectivity index (χ3v) is 5.34. The maximum absolute atomic E-state index is 5.62. The van der Waals surface area contributed by atoms with E-state index in [1.165, 1.54) is 32.1 Å². The zero-order valence-corrected chi connectivity index (χ0v) is 14.1. The first-order chi connectivity index (χ1) is 9.53. The third kappa shape index (κ3) is 5.71. The number of hydrogen-bond donors (Lipinski definition) is 2. The zero-order valence-electron chi connectivity index (χ0n) is 14.1. The number of hydrogen-bond acceptors (Lipinski definition) is 3. The summed E-state index contributed by atoms with van der Waals surface area (Å²) in [7, 11) is 1.79. The topological polar surface area (TPSA) is 47.3 Å². The SMILES string of the molecule is CCC(C)(C)C1CCC(NC(CCCN)COC)CC1. The van der Waals surface area contributed by atoms with Crippen LogP contribution >= 0.6 is 0 Å². The van der Waals surface area contributed by atoms with E-state index in [4.69, 9.17) is 10.5 Å². The largest absolute Gasteiger partial charge is 0.383 e. The molecule has 1 aliphatic carbocycles. The van der Waals surface area contributed by atoms with Crippen LogP contribution in [0.5, 0.6) is 0 Å². The Hall–Kier alpha value is -0.120. The molecule has 0 heterocycles. The molecule has 1 rings (SSSR count). The van der Waals surface area contributed by atoms with Crippen LogP contribution in [0.2, 0.25) is 0 Å². The summed E-state index contributed by atoms with van der Waals surface area (Å²) in [4.78, 5) is 0. The van der Waals surface area contributed by atoms with Crippen LogP contribution in [0.4, 0.5) is 0 Å². The van der Waals surface area contributed by atoms with Crippen LogP contribution in [-0.4, -0.2) is 32.3 Å². The van der Waals surface area contributed by atoms with Crippen LogP contribution in [0.15, 0.2) is 0 Å². The molecule has 3 heteroatoms. The highest BCUT2D eigenvalue weighted by atomic mass is 16.5. The van der Waals surface area contributed by atoms with Crippen molar-refractivity contribution in [3.63, 3.8) is 0 Å². The second kappa shape index (κ2) is 9.01. The minimum Gasteiger partial charge on any atom is -0.383 e. The second-order valence-electron chi connectivity index (χ2n) is 7.14. The summed E-state index contributed by atoms with van der Waals surface area (Å²) in [5.74, 6) is 0.899. The van der Waals surface area contributed by atoms with E-state index >= 15 is 0 Å². The quantitative estimate of drug-likeness (QED) is 0.683. The van der Waals surface area contributed by atoms with E-state index < -0.39 is 0 Å². The van der Waals surface area contributed by atoms with Crippen LogP contribution in [0, 0.1) is 11.3 Å². The van der Waals surface area contributed by atoms with Crippen molar-refractivity contribution < 1.29 is 4.74 Å². The highest BCUT2D eigenvalue weighted by molar-refractivity contribution is 4.86. The van der Waals surface area contributed by atoms with Crippen LogP contribution in [0.3, 0.4) is 0 Å². The predicted molar refractivity (Wildman–Crippen MR) is 86.9 cm³/mol. The summed E-state index contributed by atoms with van der Waals surface area (Å²) >= 11 is 0. The summed E-state index contributed by atoms with van der Waals surface area (Å²) in [6.07, 6.45) is 8.88. The van der Waals surface area contributed by atoms with Gasteiger partial charge in [0, 0.05) is 19.2 Å². The summed E-state index contributed by atoms with van der Waals surface area (Å²) in [5.41, 5.74) is 6.13. The molecule has 1 unspecified atom stereocenters. The first kappa shape index (κ1) is 17.9. The zero-order chi connectivity index (χ0) is 15.0. The second-order valence-corrected chi connectivity index (χ2v) is 7.14.